The molecule has 4 nitrogen and oxygen atoms in total. The van der Waals surface area contributed by atoms with Crippen molar-refractivity contribution in [1.29, 1.82) is 0 Å². The van der Waals surface area contributed by atoms with E-state index in [0.29, 0.717) is 25.4 Å². The molecule has 0 amide bonds. The summed E-state index contributed by atoms with van der Waals surface area (Å²) in [5, 5.41) is 23.8. The van der Waals surface area contributed by atoms with Crippen LogP contribution < -0.4 is 10.1 Å². The van der Waals surface area contributed by atoms with Gasteiger partial charge >= 0.3 is 0 Å². The Hall–Kier alpha value is -1.26. The summed E-state index contributed by atoms with van der Waals surface area (Å²) in [6.07, 6.45) is 5.15. The highest BCUT2D eigenvalue weighted by molar-refractivity contribution is 5.45. The quantitative estimate of drug-likeness (QED) is 0.749. The van der Waals surface area contributed by atoms with Gasteiger partial charge in [0.2, 0.25) is 0 Å². The van der Waals surface area contributed by atoms with E-state index >= 15 is 0 Å². The molecule has 112 valence electrons. The van der Waals surface area contributed by atoms with Crippen molar-refractivity contribution < 1.29 is 14.9 Å². The third kappa shape index (κ3) is 3.87. The summed E-state index contributed by atoms with van der Waals surface area (Å²) >= 11 is 0. The van der Waals surface area contributed by atoms with Gasteiger partial charge in [0.1, 0.15) is 0 Å². The highest BCUT2D eigenvalue weighted by atomic mass is 16.5. The van der Waals surface area contributed by atoms with E-state index < -0.39 is 5.60 Å². The first kappa shape index (κ1) is 15.1. The molecular weight excluding hydrogens is 254 g/mol. The van der Waals surface area contributed by atoms with Crippen LogP contribution in [0.15, 0.2) is 18.2 Å². The first-order valence-corrected chi connectivity index (χ1v) is 7.51. The van der Waals surface area contributed by atoms with Crippen molar-refractivity contribution in [3.8, 4) is 11.5 Å². The van der Waals surface area contributed by atoms with E-state index in [4.69, 9.17) is 4.74 Å². The van der Waals surface area contributed by atoms with Gasteiger partial charge in [-0.25, -0.2) is 0 Å². The minimum Gasteiger partial charge on any atom is -0.504 e. The molecule has 1 fully saturated rings. The molecule has 0 aliphatic heterocycles. The van der Waals surface area contributed by atoms with Crippen molar-refractivity contribution in [3.05, 3.63) is 23.8 Å². The third-order valence-electron chi connectivity index (χ3n) is 3.94. The Morgan fingerprint density at radius 2 is 2.00 bits per heavy atom. The molecule has 3 N–H and O–H groups in total. The second-order valence-corrected chi connectivity index (χ2v) is 5.59. The molecule has 0 saturated heterocycles. The van der Waals surface area contributed by atoms with Crippen molar-refractivity contribution in [2.75, 3.05) is 13.2 Å². The van der Waals surface area contributed by atoms with Crippen LogP contribution in [0.2, 0.25) is 0 Å². The molecule has 1 aliphatic carbocycles. The largest absolute Gasteiger partial charge is 0.504 e. The SMILES string of the molecule is CCOc1cccc(CNCC2(O)CCCCC2)c1O. The van der Waals surface area contributed by atoms with Gasteiger partial charge in [0, 0.05) is 18.7 Å². The van der Waals surface area contributed by atoms with Crippen LogP contribution in [-0.2, 0) is 6.54 Å². The number of nitrogens with one attached hydrogen (secondary N) is 1. The van der Waals surface area contributed by atoms with E-state index in [1.165, 1.54) is 6.42 Å². The molecule has 0 heterocycles. The lowest BCUT2D eigenvalue weighted by Crippen LogP contribution is -2.41. The van der Waals surface area contributed by atoms with E-state index in [9.17, 15) is 10.2 Å². The Morgan fingerprint density at radius 1 is 1.25 bits per heavy atom. The van der Waals surface area contributed by atoms with Crippen LogP contribution >= 0.6 is 0 Å². The zero-order chi connectivity index (χ0) is 14.4. The van der Waals surface area contributed by atoms with Gasteiger partial charge in [-0.3, -0.25) is 0 Å². The summed E-state index contributed by atoms with van der Waals surface area (Å²) in [6.45, 7) is 3.54. The number of hydrogen-bond donors (Lipinski definition) is 3. The van der Waals surface area contributed by atoms with Crippen LogP contribution in [0.3, 0.4) is 0 Å². The minimum absolute atomic E-state index is 0.192. The predicted molar refractivity (Wildman–Crippen MR) is 79.0 cm³/mol. The molecule has 0 radical (unpaired) electrons. The van der Waals surface area contributed by atoms with E-state index in [0.717, 1.165) is 31.2 Å². The lowest BCUT2D eigenvalue weighted by atomic mass is 9.85. The predicted octanol–water partition coefficient (Wildman–Crippen LogP) is 2.58. The first-order chi connectivity index (χ1) is 9.64. The second-order valence-electron chi connectivity index (χ2n) is 5.59. The molecule has 20 heavy (non-hydrogen) atoms. The minimum atomic E-state index is -0.578. The Kier molecular flexibility index (Phi) is 5.26. The molecular formula is C16H25NO3. The Morgan fingerprint density at radius 3 is 2.70 bits per heavy atom. The van der Waals surface area contributed by atoms with Gasteiger partial charge in [-0.15, -0.1) is 0 Å². The molecule has 2 rings (SSSR count). The lowest BCUT2D eigenvalue weighted by Gasteiger charge is -2.32. The zero-order valence-electron chi connectivity index (χ0n) is 12.2. The molecule has 1 aliphatic rings. The lowest BCUT2D eigenvalue weighted by molar-refractivity contribution is 0.00463. The van der Waals surface area contributed by atoms with E-state index in [-0.39, 0.29) is 5.75 Å². The van der Waals surface area contributed by atoms with Gasteiger partial charge in [-0.1, -0.05) is 31.4 Å². The number of phenolic OH excluding ortho intramolecular Hbond substituents is 1. The summed E-state index contributed by atoms with van der Waals surface area (Å²) in [6, 6.07) is 5.50. The summed E-state index contributed by atoms with van der Waals surface area (Å²) in [5.41, 5.74) is 0.223. The number of para-hydroxylation sites is 1. The van der Waals surface area contributed by atoms with Crippen molar-refractivity contribution in [2.45, 2.75) is 51.2 Å². The van der Waals surface area contributed by atoms with Gasteiger partial charge in [0.15, 0.2) is 11.5 Å². The molecule has 4 heteroatoms. The first-order valence-electron chi connectivity index (χ1n) is 7.51. The van der Waals surface area contributed by atoms with Crippen LogP contribution in [0, 0.1) is 0 Å². The zero-order valence-corrected chi connectivity index (χ0v) is 12.2. The summed E-state index contributed by atoms with van der Waals surface area (Å²) in [5.74, 6) is 0.709. The Labute approximate surface area is 120 Å². The normalized spacial score (nSPS) is 17.9. The average Bonchev–Trinajstić information content (AvgIpc) is 2.44. The smallest absolute Gasteiger partial charge is 0.162 e. The molecule has 0 bridgehead atoms. The number of hydrogen-bond acceptors (Lipinski definition) is 4. The van der Waals surface area contributed by atoms with Crippen LogP contribution in [0.1, 0.15) is 44.6 Å². The number of ether oxygens (including phenoxy) is 1. The van der Waals surface area contributed by atoms with Crippen LogP contribution in [0.5, 0.6) is 11.5 Å². The van der Waals surface area contributed by atoms with Gasteiger partial charge < -0.3 is 20.3 Å². The van der Waals surface area contributed by atoms with Gasteiger partial charge in [-0.05, 0) is 25.8 Å². The number of rotatable bonds is 6. The fraction of sp³-hybridized carbons (Fsp3) is 0.625. The second kappa shape index (κ2) is 6.95. The monoisotopic (exact) mass is 279 g/mol. The van der Waals surface area contributed by atoms with Crippen LogP contribution in [-0.4, -0.2) is 29.0 Å². The maximum absolute atomic E-state index is 10.4. The highest BCUT2D eigenvalue weighted by Gasteiger charge is 2.28. The van der Waals surface area contributed by atoms with Crippen molar-refractivity contribution >= 4 is 0 Å². The number of phenols is 1. The summed E-state index contributed by atoms with van der Waals surface area (Å²) < 4.78 is 5.37. The highest BCUT2D eigenvalue weighted by Crippen LogP contribution is 2.30. The van der Waals surface area contributed by atoms with Gasteiger partial charge in [0.05, 0.1) is 12.2 Å². The topological polar surface area (TPSA) is 61.7 Å². The summed E-state index contributed by atoms with van der Waals surface area (Å²) in [4.78, 5) is 0. The van der Waals surface area contributed by atoms with Gasteiger partial charge in [-0.2, -0.15) is 0 Å². The maximum atomic E-state index is 10.4. The molecule has 0 aromatic heterocycles. The average molecular weight is 279 g/mol. The molecule has 0 spiro atoms. The fourth-order valence-corrected chi connectivity index (χ4v) is 2.80. The van der Waals surface area contributed by atoms with Crippen molar-refractivity contribution in [2.24, 2.45) is 0 Å². The van der Waals surface area contributed by atoms with Crippen LogP contribution in [0.4, 0.5) is 0 Å². The molecule has 1 aromatic carbocycles. The molecule has 0 unspecified atom stereocenters. The molecule has 0 atom stereocenters. The number of aromatic hydroxyl groups is 1. The Bertz CT molecular complexity index is 428. The fourth-order valence-electron chi connectivity index (χ4n) is 2.80. The third-order valence-corrected chi connectivity index (χ3v) is 3.94. The van der Waals surface area contributed by atoms with Crippen molar-refractivity contribution in [1.82, 2.24) is 5.32 Å². The molecule has 1 saturated carbocycles. The summed E-state index contributed by atoms with van der Waals surface area (Å²) in [7, 11) is 0. The van der Waals surface area contributed by atoms with Crippen molar-refractivity contribution in [3.63, 3.8) is 0 Å². The standard InChI is InChI=1S/C16H25NO3/c1-2-20-14-8-6-7-13(15(14)18)11-17-12-16(19)9-4-3-5-10-16/h6-8,17-19H,2-5,9-12H2,1H3. The van der Waals surface area contributed by atoms with Crippen LogP contribution in [0.25, 0.3) is 0 Å². The van der Waals surface area contributed by atoms with E-state index in [2.05, 4.69) is 5.32 Å². The number of aliphatic hydroxyl groups is 1. The van der Waals surface area contributed by atoms with Gasteiger partial charge in [0.25, 0.3) is 0 Å². The number of benzene rings is 1. The van der Waals surface area contributed by atoms with E-state index in [1.807, 2.05) is 19.1 Å². The Balaban J connectivity index is 1.89. The van der Waals surface area contributed by atoms with E-state index in [1.54, 1.807) is 6.07 Å². The maximum Gasteiger partial charge on any atom is 0.162 e. The molecule has 1 aromatic rings.